The lowest BCUT2D eigenvalue weighted by Crippen LogP contribution is -2.10. The summed E-state index contributed by atoms with van der Waals surface area (Å²) in [5, 5.41) is 17.7. The van der Waals surface area contributed by atoms with Gasteiger partial charge in [-0.15, -0.1) is 0 Å². The van der Waals surface area contributed by atoms with Crippen LogP contribution in [0.3, 0.4) is 0 Å². The number of hydrogen-bond acceptors (Lipinski definition) is 2. The monoisotopic (exact) mass is 220 g/mol. The summed E-state index contributed by atoms with van der Waals surface area (Å²) in [5.41, 5.74) is 1.26. The lowest BCUT2D eigenvalue weighted by molar-refractivity contribution is -0.136. The maximum absolute atomic E-state index is 10.7. The van der Waals surface area contributed by atoms with Crippen molar-refractivity contribution in [1.29, 1.82) is 5.26 Å². The molecule has 16 heavy (non-hydrogen) atoms. The van der Waals surface area contributed by atoms with Gasteiger partial charge in [0.1, 0.15) is 11.8 Å². The molecule has 0 saturated carbocycles. The van der Waals surface area contributed by atoms with Crippen molar-refractivity contribution in [2.75, 3.05) is 0 Å². The van der Waals surface area contributed by atoms with E-state index in [1.807, 2.05) is 4.57 Å². The lowest BCUT2D eigenvalue weighted by atomic mass is 10.2. The van der Waals surface area contributed by atoms with Crippen LogP contribution in [0.25, 0.3) is 0 Å². The van der Waals surface area contributed by atoms with Gasteiger partial charge in [-0.1, -0.05) is 19.8 Å². The highest BCUT2D eigenvalue weighted by atomic mass is 16.4. The fraction of sp³-hybridized carbons (Fsp3) is 0.500. The maximum atomic E-state index is 10.7. The molecule has 0 fully saturated rings. The maximum Gasteiger partial charge on any atom is 0.309 e. The van der Waals surface area contributed by atoms with Crippen LogP contribution in [0.4, 0.5) is 0 Å². The van der Waals surface area contributed by atoms with Crippen molar-refractivity contribution in [3.8, 4) is 6.07 Å². The molecule has 1 aromatic rings. The number of carboxylic acids is 1. The molecule has 0 amide bonds. The van der Waals surface area contributed by atoms with Crippen LogP contribution in [-0.4, -0.2) is 15.6 Å². The van der Waals surface area contributed by atoms with E-state index in [1.54, 1.807) is 12.1 Å². The van der Waals surface area contributed by atoms with Crippen LogP contribution in [0.15, 0.2) is 12.1 Å². The fourth-order valence-electron chi connectivity index (χ4n) is 1.70. The first-order valence-corrected chi connectivity index (χ1v) is 5.49. The molecule has 86 valence electrons. The number of carboxylic acid groups (broad SMARTS) is 1. The topological polar surface area (TPSA) is 66.0 Å². The number of hydrogen-bond donors (Lipinski definition) is 1. The predicted molar refractivity (Wildman–Crippen MR) is 60.0 cm³/mol. The molecule has 4 heteroatoms. The Morgan fingerprint density at radius 2 is 2.25 bits per heavy atom. The molecule has 1 aromatic heterocycles. The molecule has 0 saturated heterocycles. The SMILES string of the molecule is CCCCCn1c(C#N)ccc1CC(=O)O. The van der Waals surface area contributed by atoms with Crippen molar-refractivity contribution >= 4 is 5.97 Å². The van der Waals surface area contributed by atoms with Crippen LogP contribution in [0.1, 0.15) is 37.6 Å². The van der Waals surface area contributed by atoms with Crippen LogP contribution in [0.5, 0.6) is 0 Å². The second-order valence-electron chi connectivity index (χ2n) is 3.75. The summed E-state index contributed by atoms with van der Waals surface area (Å²) in [4.78, 5) is 10.7. The molecule has 0 bridgehead atoms. The lowest BCUT2D eigenvalue weighted by Gasteiger charge is -2.08. The molecule has 1 heterocycles. The molecule has 0 aliphatic heterocycles. The Bertz CT molecular complexity index is 402. The minimum absolute atomic E-state index is 0.0200. The van der Waals surface area contributed by atoms with Gasteiger partial charge in [0.25, 0.3) is 0 Å². The number of aromatic nitrogens is 1. The van der Waals surface area contributed by atoms with Crippen LogP contribution in [0, 0.1) is 11.3 Å². The van der Waals surface area contributed by atoms with E-state index < -0.39 is 5.97 Å². The Morgan fingerprint density at radius 3 is 2.81 bits per heavy atom. The summed E-state index contributed by atoms with van der Waals surface area (Å²) in [7, 11) is 0. The van der Waals surface area contributed by atoms with Crippen molar-refractivity contribution in [2.45, 2.75) is 39.2 Å². The molecule has 0 unspecified atom stereocenters. The van der Waals surface area contributed by atoms with Crippen molar-refractivity contribution in [2.24, 2.45) is 0 Å². The van der Waals surface area contributed by atoms with Gasteiger partial charge in [-0.05, 0) is 18.6 Å². The fourth-order valence-corrected chi connectivity index (χ4v) is 1.70. The summed E-state index contributed by atoms with van der Waals surface area (Å²) in [6, 6.07) is 5.49. The number of nitrogens with zero attached hydrogens (tertiary/aromatic N) is 2. The number of unbranched alkanes of at least 4 members (excludes halogenated alkanes) is 2. The van der Waals surface area contributed by atoms with Gasteiger partial charge in [-0.3, -0.25) is 4.79 Å². The summed E-state index contributed by atoms with van der Waals surface area (Å²) in [6.07, 6.45) is 3.16. The average molecular weight is 220 g/mol. The van der Waals surface area contributed by atoms with E-state index in [9.17, 15) is 4.79 Å². The van der Waals surface area contributed by atoms with E-state index in [4.69, 9.17) is 10.4 Å². The van der Waals surface area contributed by atoms with Gasteiger partial charge in [0, 0.05) is 12.2 Å². The zero-order valence-electron chi connectivity index (χ0n) is 9.44. The molecule has 1 N–H and O–H groups in total. The Morgan fingerprint density at radius 1 is 1.50 bits per heavy atom. The molecular formula is C12H16N2O2. The summed E-state index contributed by atoms with van der Waals surface area (Å²) in [6.45, 7) is 2.84. The first-order valence-electron chi connectivity index (χ1n) is 5.49. The standard InChI is InChI=1S/C12H16N2O2/c1-2-3-4-7-14-10(8-12(15)16)5-6-11(14)9-13/h5-6H,2-4,7-8H2,1H3,(H,15,16). The Balaban J connectivity index is 2.80. The molecule has 1 rings (SSSR count). The third-order valence-electron chi connectivity index (χ3n) is 2.50. The number of aliphatic carboxylic acids is 1. The van der Waals surface area contributed by atoms with E-state index in [0.29, 0.717) is 11.4 Å². The van der Waals surface area contributed by atoms with Crippen LogP contribution in [0.2, 0.25) is 0 Å². The van der Waals surface area contributed by atoms with Crippen molar-refractivity contribution in [1.82, 2.24) is 4.57 Å². The summed E-state index contributed by atoms with van der Waals surface area (Å²) < 4.78 is 1.81. The Kier molecular flexibility index (Phi) is 4.59. The first-order chi connectivity index (χ1) is 7.69. The third-order valence-corrected chi connectivity index (χ3v) is 2.50. The van der Waals surface area contributed by atoms with E-state index in [-0.39, 0.29) is 6.42 Å². The molecule has 0 aliphatic rings. The molecule has 4 nitrogen and oxygen atoms in total. The van der Waals surface area contributed by atoms with Crippen molar-refractivity contribution in [3.63, 3.8) is 0 Å². The Labute approximate surface area is 95.1 Å². The molecule has 0 aliphatic carbocycles. The Hall–Kier alpha value is -1.76. The second kappa shape index (κ2) is 5.96. The van der Waals surface area contributed by atoms with Gasteiger partial charge in [0.2, 0.25) is 0 Å². The molecule has 0 radical (unpaired) electrons. The van der Waals surface area contributed by atoms with E-state index in [0.717, 1.165) is 25.8 Å². The van der Waals surface area contributed by atoms with E-state index >= 15 is 0 Å². The van der Waals surface area contributed by atoms with Crippen LogP contribution < -0.4 is 0 Å². The van der Waals surface area contributed by atoms with Crippen LogP contribution >= 0.6 is 0 Å². The van der Waals surface area contributed by atoms with Gasteiger partial charge in [-0.2, -0.15) is 5.26 Å². The number of rotatable bonds is 6. The molecular weight excluding hydrogens is 204 g/mol. The van der Waals surface area contributed by atoms with E-state index in [2.05, 4.69) is 13.0 Å². The van der Waals surface area contributed by atoms with Gasteiger partial charge in [-0.25, -0.2) is 0 Å². The zero-order chi connectivity index (χ0) is 12.0. The first kappa shape index (κ1) is 12.3. The van der Waals surface area contributed by atoms with Gasteiger partial charge in [0.05, 0.1) is 6.42 Å². The summed E-state index contributed by atoms with van der Waals surface area (Å²) >= 11 is 0. The number of carbonyl (C=O) groups is 1. The van der Waals surface area contributed by atoms with Crippen LogP contribution in [-0.2, 0) is 17.8 Å². The zero-order valence-corrected chi connectivity index (χ0v) is 9.44. The van der Waals surface area contributed by atoms with Crippen molar-refractivity contribution in [3.05, 3.63) is 23.5 Å². The summed E-state index contributed by atoms with van der Waals surface area (Å²) in [5.74, 6) is -0.862. The quantitative estimate of drug-likeness (QED) is 0.747. The van der Waals surface area contributed by atoms with Gasteiger partial charge in [0.15, 0.2) is 0 Å². The molecule has 0 spiro atoms. The van der Waals surface area contributed by atoms with Gasteiger partial charge >= 0.3 is 5.97 Å². The van der Waals surface area contributed by atoms with Gasteiger partial charge < -0.3 is 9.67 Å². The molecule has 0 aromatic carbocycles. The minimum Gasteiger partial charge on any atom is -0.481 e. The minimum atomic E-state index is -0.862. The highest BCUT2D eigenvalue weighted by molar-refractivity contribution is 5.69. The highest BCUT2D eigenvalue weighted by Crippen LogP contribution is 2.11. The average Bonchev–Trinajstić information content (AvgIpc) is 2.61. The van der Waals surface area contributed by atoms with E-state index in [1.165, 1.54) is 0 Å². The smallest absolute Gasteiger partial charge is 0.309 e. The predicted octanol–water partition coefficient (Wildman–Crippen LogP) is 2.18. The second-order valence-corrected chi connectivity index (χ2v) is 3.75. The highest BCUT2D eigenvalue weighted by Gasteiger charge is 2.10. The normalized spacial score (nSPS) is 10.0. The third kappa shape index (κ3) is 3.13. The largest absolute Gasteiger partial charge is 0.481 e. The molecule has 0 atom stereocenters. The number of nitriles is 1. The van der Waals surface area contributed by atoms with Crippen molar-refractivity contribution < 1.29 is 9.90 Å².